The molecule has 8 heteroatoms. The smallest absolute Gasteiger partial charge is 0.257 e. The molecule has 1 heterocycles. The van der Waals surface area contributed by atoms with Gasteiger partial charge in [0, 0.05) is 22.9 Å². The van der Waals surface area contributed by atoms with Crippen LogP contribution in [0.25, 0.3) is 0 Å². The maximum Gasteiger partial charge on any atom is 0.257 e. The number of hydrogen-bond donors (Lipinski definition) is 2. The van der Waals surface area contributed by atoms with Gasteiger partial charge in [-0.2, -0.15) is 0 Å². The third-order valence-electron chi connectivity index (χ3n) is 2.46. The van der Waals surface area contributed by atoms with Crippen LogP contribution in [-0.2, 0) is 9.84 Å². The van der Waals surface area contributed by atoms with Gasteiger partial charge in [0.05, 0.1) is 10.6 Å². The van der Waals surface area contributed by atoms with E-state index in [4.69, 9.17) is 5.73 Å². The van der Waals surface area contributed by atoms with Crippen molar-refractivity contribution >= 4 is 37.9 Å². The number of carbonyl (C=O) groups excluding carboxylic acids is 1. The Hall–Kier alpha value is -1.93. The molecule has 106 valence electrons. The molecule has 0 aliphatic carbocycles. The zero-order valence-corrected chi connectivity index (χ0v) is 12.5. The molecule has 0 radical (unpaired) electrons. The van der Waals surface area contributed by atoms with Gasteiger partial charge in [-0.05, 0) is 25.1 Å². The zero-order chi connectivity index (χ0) is 14.9. The van der Waals surface area contributed by atoms with Gasteiger partial charge in [-0.1, -0.05) is 0 Å². The van der Waals surface area contributed by atoms with Crippen LogP contribution in [-0.4, -0.2) is 25.6 Å². The molecule has 20 heavy (non-hydrogen) atoms. The Balaban J connectivity index is 2.33. The minimum atomic E-state index is -3.42. The summed E-state index contributed by atoms with van der Waals surface area (Å²) in [6.07, 6.45) is 1.06. The van der Waals surface area contributed by atoms with Crippen molar-refractivity contribution in [3.63, 3.8) is 0 Å². The molecule has 2 rings (SSSR count). The fourth-order valence-electron chi connectivity index (χ4n) is 1.55. The van der Waals surface area contributed by atoms with Gasteiger partial charge in [-0.25, -0.2) is 13.4 Å². The number of hydrogen-bond acceptors (Lipinski definition) is 6. The number of nitrogens with zero attached hydrogens (tertiary/aromatic N) is 1. The average molecular weight is 311 g/mol. The minimum absolute atomic E-state index is 0.0120. The predicted octanol–water partition coefficient (Wildman–Crippen LogP) is 1.69. The van der Waals surface area contributed by atoms with Crippen molar-refractivity contribution in [1.82, 2.24) is 4.98 Å². The summed E-state index contributed by atoms with van der Waals surface area (Å²) in [4.78, 5) is 16.2. The molecule has 0 bridgehead atoms. The predicted molar refractivity (Wildman–Crippen MR) is 78.8 cm³/mol. The van der Waals surface area contributed by atoms with Crippen LogP contribution in [0.4, 0.5) is 10.8 Å². The Morgan fingerprint density at radius 1 is 1.35 bits per heavy atom. The van der Waals surface area contributed by atoms with Gasteiger partial charge in [0.25, 0.3) is 5.91 Å². The monoisotopic (exact) mass is 311 g/mol. The topological polar surface area (TPSA) is 102 Å². The molecule has 0 saturated heterocycles. The summed E-state index contributed by atoms with van der Waals surface area (Å²) in [5.41, 5.74) is 6.83. The van der Waals surface area contributed by atoms with Gasteiger partial charge in [-0.15, -0.1) is 11.3 Å². The van der Waals surface area contributed by atoms with E-state index in [1.807, 2.05) is 6.92 Å². The Morgan fingerprint density at radius 3 is 2.60 bits per heavy atom. The van der Waals surface area contributed by atoms with Crippen molar-refractivity contribution < 1.29 is 13.2 Å². The number of sulfone groups is 1. The van der Waals surface area contributed by atoms with Crippen molar-refractivity contribution in [3.8, 4) is 0 Å². The number of nitrogens with one attached hydrogen (secondary N) is 1. The highest BCUT2D eigenvalue weighted by molar-refractivity contribution is 7.90. The molecule has 1 aromatic carbocycles. The highest BCUT2D eigenvalue weighted by Gasteiger charge is 2.14. The van der Waals surface area contributed by atoms with Gasteiger partial charge >= 0.3 is 0 Å². The first-order valence-electron chi connectivity index (χ1n) is 5.60. The van der Waals surface area contributed by atoms with E-state index >= 15 is 0 Å². The van der Waals surface area contributed by atoms with Crippen molar-refractivity contribution in [3.05, 3.63) is 34.8 Å². The first-order chi connectivity index (χ1) is 9.25. The number of benzene rings is 1. The van der Waals surface area contributed by atoms with Crippen molar-refractivity contribution in [2.75, 3.05) is 17.3 Å². The number of anilines is 2. The molecule has 0 spiro atoms. The summed E-state index contributed by atoms with van der Waals surface area (Å²) >= 11 is 1.29. The largest absolute Gasteiger partial charge is 0.399 e. The molecule has 0 saturated carbocycles. The summed E-state index contributed by atoms with van der Waals surface area (Å²) < 4.78 is 23.0. The fraction of sp³-hybridized carbons (Fsp3) is 0.167. The molecule has 0 unspecified atom stereocenters. The highest BCUT2D eigenvalue weighted by atomic mass is 32.2. The van der Waals surface area contributed by atoms with E-state index in [1.54, 1.807) is 5.38 Å². The molecule has 0 atom stereocenters. The van der Waals surface area contributed by atoms with Crippen LogP contribution in [0.1, 0.15) is 16.1 Å². The van der Waals surface area contributed by atoms with Crippen molar-refractivity contribution in [1.29, 1.82) is 0 Å². The van der Waals surface area contributed by atoms with Crippen LogP contribution >= 0.6 is 11.3 Å². The van der Waals surface area contributed by atoms with Crippen molar-refractivity contribution in [2.45, 2.75) is 11.8 Å². The third-order valence-corrected chi connectivity index (χ3v) is 4.43. The maximum atomic E-state index is 12.1. The zero-order valence-electron chi connectivity index (χ0n) is 10.9. The van der Waals surface area contributed by atoms with Gasteiger partial charge in [-0.3, -0.25) is 10.1 Å². The van der Waals surface area contributed by atoms with Crippen molar-refractivity contribution in [2.24, 2.45) is 0 Å². The standard InChI is InChI=1S/C12H13N3O3S2/c1-7-6-19-12(14-7)15-11(16)8-3-9(13)5-10(4-8)20(2,17)18/h3-6H,13H2,1-2H3,(H,14,15,16). The maximum absolute atomic E-state index is 12.1. The minimum Gasteiger partial charge on any atom is -0.399 e. The van der Waals surface area contributed by atoms with E-state index in [0.717, 1.165) is 11.9 Å². The Bertz CT molecular complexity index is 766. The summed E-state index contributed by atoms with van der Waals surface area (Å²) in [6, 6.07) is 4.03. The number of aryl methyl sites for hydroxylation is 1. The number of nitrogens with two attached hydrogens (primary N) is 1. The van der Waals surface area contributed by atoms with Crippen LogP contribution in [0.15, 0.2) is 28.5 Å². The molecular weight excluding hydrogens is 298 g/mol. The lowest BCUT2D eigenvalue weighted by Crippen LogP contribution is -2.13. The molecule has 0 fully saturated rings. The molecule has 6 nitrogen and oxygen atoms in total. The van der Waals surface area contributed by atoms with Crippen LogP contribution in [0.2, 0.25) is 0 Å². The lowest BCUT2D eigenvalue weighted by atomic mass is 10.2. The van der Waals surface area contributed by atoms with E-state index in [-0.39, 0.29) is 16.1 Å². The Kier molecular flexibility index (Phi) is 3.78. The SMILES string of the molecule is Cc1csc(NC(=O)c2cc(N)cc(S(C)(=O)=O)c2)n1. The molecule has 1 amide bonds. The third kappa shape index (κ3) is 3.34. The Labute approximate surface area is 120 Å². The van der Waals surface area contributed by atoms with E-state index in [1.165, 1.54) is 29.5 Å². The van der Waals surface area contributed by atoms with Gasteiger partial charge in [0.15, 0.2) is 15.0 Å². The number of aromatic nitrogens is 1. The van der Waals surface area contributed by atoms with Crippen LogP contribution in [0, 0.1) is 6.92 Å². The number of thiazole rings is 1. The quantitative estimate of drug-likeness (QED) is 0.840. The summed E-state index contributed by atoms with van der Waals surface area (Å²) in [5, 5.41) is 4.86. The van der Waals surface area contributed by atoms with Gasteiger partial charge in [0.1, 0.15) is 0 Å². The number of rotatable bonds is 3. The molecular formula is C12H13N3O3S2. The molecule has 0 aliphatic heterocycles. The fourth-order valence-corrected chi connectivity index (χ4v) is 2.92. The van der Waals surface area contributed by atoms with Crippen LogP contribution in [0.5, 0.6) is 0 Å². The van der Waals surface area contributed by atoms with Crippen LogP contribution in [0.3, 0.4) is 0 Å². The first-order valence-corrected chi connectivity index (χ1v) is 8.37. The number of carbonyl (C=O) groups is 1. The second-order valence-corrected chi connectivity index (χ2v) is 7.18. The molecule has 1 aromatic heterocycles. The van der Waals surface area contributed by atoms with E-state index in [9.17, 15) is 13.2 Å². The average Bonchev–Trinajstić information content (AvgIpc) is 2.72. The number of amides is 1. The molecule has 2 aromatic rings. The van der Waals surface area contributed by atoms with Gasteiger partial charge in [0.2, 0.25) is 0 Å². The van der Waals surface area contributed by atoms with E-state index in [0.29, 0.717) is 5.13 Å². The summed E-state index contributed by atoms with van der Waals surface area (Å²) in [5.74, 6) is -0.448. The first kappa shape index (κ1) is 14.5. The summed E-state index contributed by atoms with van der Waals surface area (Å²) in [7, 11) is -3.42. The highest BCUT2D eigenvalue weighted by Crippen LogP contribution is 2.19. The second-order valence-electron chi connectivity index (χ2n) is 4.31. The lowest BCUT2D eigenvalue weighted by molar-refractivity contribution is 0.102. The van der Waals surface area contributed by atoms with Crippen LogP contribution < -0.4 is 11.1 Å². The summed E-state index contributed by atoms with van der Waals surface area (Å²) in [6.45, 7) is 1.81. The van der Waals surface area contributed by atoms with E-state index in [2.05, 4.69) is 10.3 Å². The Morgan fingerprint density at radius 2 is 2.05 bits per heavy atom. The van der Waals surface area contributed by atoms with E-state index < -0.39 is 15.7 Å². The second kappa shape index (κ2) is 5.22. The molecule has 3 N–H and O–H groups in total. The normalized spacial score (nSPS) is 11.3. The molecule has 0 aliphatic rings. The lowest BCUT2D eigenvalue weighted by Gasteiger charge is -2.06. The van der Waals surface area contributed by atoms with Gasteiger partial charge < -0.3 is 5.73 Å². The number of nitrogen functional groups attached to an aromatic ring is 1.